The van der Waals surface area contributed by atoms with Crippen molar-refractivity contribution in [3.8, 4) is 0 Å². The predicted octanol–water partition coefficient (Wildman–Crippen LogP) is 2.72. The van der Waals surface area contributed by atoms with Crippen molar-refractivity contribution in [3.63, 3.8) is 0 Å². The van der Waals surface area contributed by atoms with Gasteiger partial charge < -0.3 is 10.4 Å². The monoisotopic (exact) mass is 267 g/mol. The van der Waals surface area contributed by atoms with E-state index in [4.69, 9.17) is 5.11 Å². The molecule has 19 heavy (non-hydrogen) atoms. The zero-order chi connectivity index (χ0) is 13.7. The summed E-state index contributed by atoms with van der Waals surface area (Å²) in [5.41, 5.74) is 0. The summed E-state index contributed by atoms with van der Waals surface area (Å²) >= 11 is 0. The minimum atomic E-state index is -0.720. The highest BCUT2D eigenvalue weighted by molar-refractivity contribution is 5.79. The molecule has 2 atom stereocenters. The van der Waals surface area contributed by atoms with E-state index in [1.54, 1.807) is 0 Å². The molecule has 4 heteroatoms. The quantitative estimate of drug-likeness (QED) is 0.826. The zero-order valence-corrected chi connectivity index (χ0v) is 11.6. The van der Waals surface area contributed by atoms with Crippen LogP contribution in [0.1, 0.15) is 64.2 Å². The van der Waals surface area contributed by atoms with Gasteiger partial charge in [-0.2, -0.15) is 0 Å². The smallest absolute Gasteiger partial charge is 0.306 e. The largest absolute Gasteiger partial charge is 0.481 e. The number of aliphatic carboxylic acids is 1. The number of hydrogen-bond donors (Lipinski definition) is 2. The third-order valence-electron chi connectivity index (χ3n) is 4.60. The van der Waals surface area contributed by atoms with Crippen molar-refractivity contribution < 1.29 is 14.7 Å². The van der Waals surface area contributed by atoms with E-state index in [1.165, 1.54) is 19.3 Å². The molecule has 0 saturated heterocycles. The third-order valence-corrected chi connectivity index (χ3v) is 4.60. The van der Waals surface area contributed by atoms with Crippen LogP contribution in [0, 0.1) is 11.8 Å². The highest BCUT2D eigenvalue weighted by atomic mass is 16.4. The SMILES string of the molecule is O=C(O)C1CCC(NC(=O)C2CCCCCCC2)C1. The Morgan fingerprint density at radius 3 is 2.05 bits per heavy atom. The summed E-state index contributed by atoms with van der Waals surface area (Å²) in [6.07, 6.45) is 10.2. The number of nitrogens with one attached hydrogen (secondary N) is 1. The minimum absolute atomic E-state index is 0.0824. The molecule has 0 spiro atoms. The van der Waals surface area contributed by atoms with Gasteiger partial charge >= 0.3 is 5.97 Å². The summed E-state index contributed by atoms with van der Waals surface area (Å²) < 4.78 is 0. The summed E-state index contributed by atoms with van der Waals surface area (Å²) in [6, 6.07) is 0.0824. The molecule has 2 aliphatic carbocycles. The lowest BCUT2D eigenvalue weighted by Gasteiger charge is -2.21. The Bertz CT molecular complexity index is 321. The molecule has 0 aromatic heterocycles. The van der Waals surface area contributed by atoms with Crippen molar-refractivity contribution in [2.45, 2.75) is 70.3 Å². The predicted molar refractivity (Wildman–Crippen MR) is 72.7 cm³/mol. The summed E-state index contributed by atoms with van der Waals surface area (Å²) in [5.74, 6) is -0.660. The molecule has 1 amide bonds. The Morgan fingerprint density at radius 2 is 1.47 bits per heavy atom. The van der Waals surface area contributed by atoms with Crippen molar-refractivity contribution in [2.24, 2.45) is 11.8 Å². The van der Waals surface area contributed by atoms with Gasteiger partial charge in [-0.1, -0.05) is 32.1 Å². The molecule has 0 aliphatic heterocycles. The fourth-order valence-corrected chi connectivity index (χ4v) is 3.37. The standard InChI is InChI=1S/C15H25NO3/c17-14(11-6-4-2-1-3-5-7-11)16-13-9-8-12(10-13)15(18)19/h11-13H,1-10H2,(H,16,17)(H,18,19). The van der Waals surface area contributed by atoms with E-state index >= 15 is 0 Å². The number of carbonyl (C=O) groups excluding carboxylic acids is 1. The fourth-order valence-electron chi connectivity index (χ4n) is 3.37. The van der Waals surface area contributed by atoms with Crippen LogP contribution in [-0.4, -0.2) is 23.0 Å². The van der Waals surface area contributed by atoms with Crippen molar-refractivity contribution >= 4 is 11.9 Å². The molecule has 0 aromatic rings. The molecule has 0 bridgehead atoms. The first kappa shape index (κ1) is 14.4. The van der Waals surface area contributed by atoms with Crippen LogP contribution in [0.5, 0.6) is 0 Å². The molecule has 0 radical (unpaired) electrons. The van der Waals surface area contributed by atoms with Crippen molar-refractivity contribution in [2.75, 3.05) is 0 Å². The van der Waals surface area contributed by atoms with Gasteiger partial charge in [0.1, 0.15) is 0 Å². The molecule has 2 fully saturated rings. The number of carboxylic acid groups (broad SMARTS) is 1. The van der Waals surface area contributed by atoms with Crippen LogP contribution in [0.3, 0.4) is 0 Å². The molecule has 2 saturated carbocycles. The van der Waals surface area contributed by atoms with Gasteiger partial charge in [0.2, 0.25) is 5.91 Å². The average molecular weight is 267 g/mol. The molecule has 4 nitrogen and oxygen atoms in total. The van der Waals surface area contributed by atoms with Gasteiger partial charge in [0.25, 0.3) is 0 Å². The zero-order valence-electron chi connectivity index (χ0n) is 11.6. The third kappa shape index (κ3) is 4.22. The van der Waals surface area contributed by atoms with Gasteiger partial charge in [-0.25, -0.2) is 0 Å². The number of carbonyl (C=O) groups is 2. The topological polar surface area (TPSA) is 66.4 Å². The number of rotatable bonds is 3. The first-order valence-electron chi connectivity index (χ1n) is 7.70. The van der Waals surface area contributed by atoms with Gasteiger partial charge in [0.15, 0.2) is 0 Å². The second kappa shape index (κ2) is 6.92. The molecular formula is C15H25NO3. The molecule has 108 valence electrons. The van der Waals surface area contributed by atoms with Crippen LogP contribution in [-0.2, 0) is 9.59 Å². The van der Waals surface area contributed by atoms with Gasteiger partial charge in [0, 0.05) is 12.0 Å². The van der Waals surface area contributed by atoms with Gasteiger partial charge in [-0.05, 0) is 32.1 Å². The fraction of sp³-hybridized carbons (Fsp3) is 0.867. The first-order valence-corrected chi connectivity index (χ1v) is 7.70. The summed E-state index contributed by atoms with van der Waals surface area (Å²) in [4.78, 5) is 23.1. The van der Waals surface area contributed by atoms with Crippen molar-refractivity contribution in [1.82, 2.24) is 5.32 Å². The van der Waals surface area contributed by atoms with Gasteiger partial charge in [-0.15, -0.1) is 0 Å². The molecule has 2 aliphatic rings. The van der Waals surface area contributed by atoms with E-state index < -0.39 is 5.97 Å². The molecule has 2 unspecified atom stereocenters. The average Bonchev–Trinajstić information content (AvgIpc) is 2.76. The summed E-state index contributed by atoms with van der Waals surface area (Å²) in [6.45, 7) is 0. The molecule has 2 rings (SSSR count). The second-order valence-corrected chi connectivity index (χ2v) is 6.10. The molecule has 0 aromatic carbocycles. The number of amides is 1. The minimum Gasteiger partial charge on any atom is -0.481 e. The summed E-state index contributed by atoms with van der Waals surface area (Å²) in [5, 5.41) is 12.0. The molecular weight excluding hydrogens is 242 g/mol. The van der Waals surface area contributed by atoms with E-state index in [9.17, 15) is 9.59 Å². The van der Waals surface area contributed by atoms with Crippen LogP contribution in [0.2, 0.25) is 0 Å². The van der Waals surface area contributed by atoms with Crippen LogP contribution >= 0.6 is 0 Å². The summed E-state index contributed by atoms with van der Waals surface area (Å²) in [7, 11) is 0. The van der Waals surface area contributed by atoms with Crippen LogP contribution in [0.15, 0.2) is 0 Å². The van der Waals surface area contributed by atoms with E-state index in [2.05, 4.69) is 5.32 Å². The lowest BCUT2D eigenvalue weighted by Crippen LogP contribution is -2.38. The number of carboxylic acids is 1. The van der Waals surface area contributed by atoms with E-state index in [0.29, 0.717) is 12.8 Å². The first-order chi connectivity index (χ1) is 9.16. The van der Waals surface area contributed by atoms with E-state index in [0.717, 1.165) is 32.1 Å². The van der Waals surface area contributed by atoms with Crippen LogP contribution < -0.4 is 5.32 Å². The highest BCUT2D eigenvalue weighted by Gasteiger charge is 2.31. The maximum atomic E-state index is 12.2. The Kier molecular flexibility index (Phi) is 5.23. The van der Waals surface area contributed by atoms with Gasteiger partial charge in [0.05, 0.1) is 5.92 Å². The number of hydrogen-bond acceptors (Lipinski definition) is 2. The van der Waals surface area contributed by atoms with Crippen molar-refractivity contribution in [3.05, 3.63) is 0 Å². The highest BCUT2D eigenvalue weighted by Crippen LogP contribution is 2.27. The van der Waals surface area contributed by atoms with Crippen LogP contribution in [0.25, 0.3) is 0 Å². The van der Waals surface area contributed by atoms with E-state index in [-0.39, 0.29) is 23.8 Å². The molecule has 2 N–H and O–H groups in total. The Hall–Kier alpha value is -1.06. The Balaban J connectivity index is 1.78. The maximum Gasteiger partial charge on any atom is 0.306 e. The van der Waals surface area contributed by atoms with E-state index in [1.807, 2.05) is 0 Å². The van der Waals surface area contributed by atoms with Crippen molar-refractivity contribution in [1.29, 1.82) is 0 Å². The lowest BCUT2D eigenvalue weighted by atomic mass is 9.90. The maximum absolute atomic E-state index is 12.2. The normalized spacial score (nSPS) is 29.5. The second-order valence-electron chi connectivity index (χ2n) is 6.10. The molecule has 0 heterocycles. The Morgan fingerprint density at radius 1 is 0.842 bits per heavy atom. The lowest BCUT2D eigenvalue weighted by molar-refractivity contribution is -0.141. The van der Waals surface area contributed by atoms with Crippen LogP contribution in [0.4, 0.5) is 0 Å². The van der Waals surface area contributed by atoms with Gasteiger partial charge in [-0.3, -0.25) is 9.59 Å². The Labute approximate surface area is 115 Å².